The Labute approximate surface area is 683 Å². The van der Waals surface area contributed by atoms with E-state index in [0.29, 0.717) is 64.5 Å². The first-order chi connectivity index (χ1) is 56.3. The molecule has 0 aromatic rings. The van der Waals surface area contributed by atoms with Crippen molar-refractivity contribution in [3.05, 3.63) is 12.3 Å². The Morgan fingerprint density at radius 1 is 0.410 bits per heavy atom. The molecule has 4 aliphatic rings. The number of carbonyl (C=O) groups excluding carboxylic acids is 7. The van der Waals surface area contributed by atoms with E-state index in [0.717, 1.165) is 12.3 Å². The first kappa shape index (κ1) is 104. The van der Waals surface area contributed by atoms with Gasteiger partial charge in [-0.1, -0.05) is 0 Å². The predicted molar refractivity (Wildman–Crippen MR) is 411 cm³/mol. The third kappa shape index (κ3) is 43.9. The molecular formula is C73H133N9O34S. The zero-order valence-corrected chi connectivity index (χ0v) is 68.5. The van der Waals surface area contributed by atoms with Crippen LogP contribution in [0.15, 0.2) is 12.3 Å². The maximum Gasteiger partial charge on any atom is 0.247 e. The van der Waals surface area contributed by atoms with E-state index in [1.54, 1.807) is 0 Å². The molecule has 0 unspecified atom stereocenters. The monoisotopic (exact) mass is 1710 g/mol. The zero-order valence-electron chi connectivity index (χ0n) is 67.6. The van der Waals surface area contributed by atoms with E-state index in [-0.39, 0.29) is 191 Å². The van der Waals surface area contributed by atoms with Crippen molar-refractivity contribution >= 4 is 51.4 Å². The van der Waals surface area contributed by atoms with E-state index in [1.165, 1.54) is 20.8 Å². The zero-order chi connectivity index (χ0) is 85.5. The van der Waals surface area contributed by atoms with Crippen molar-refractivity contribution in [3.63, 3.8) is 0 Å². The van der Waals surface area contributed by atoms with Crippen molar-refractivity contribution in [1.82, 2.24) is 47.3 Å². The van der Waals surface area contributed by atoms with Gasteiger partial charge in [0.25, 0.3) is 0 Å². The molecule has 4 heterocycles. The van der Waals surface area contributed by atoms with Crippen LogP contribution in [0.3, 0.4) is 0 Å². The van der Waals surface area contributed by atoms with Gasteiger partial charge in [0.05, 0.1) is 200 Å². The first-order valence-electron chi connectivity index (χ1n) is 40.1. The molecule has 0 bridgehead atoms. The SMILES string of the molecule is CC(=O)N[C@@H]1[C@@H](O)[C@@H](O)[C@@H](CO)O[C@@H]1CCCOCCOCCNC(=O)C=COCC(COCCC(=O)NCCOCCOCCC[C@H]1O[C@H](CO)[C@H](O)[C@H](O)[C@H]1NC(C)=O)(COCCC(=O)NCCOCCOCCC[C@H]1O[C@H](CO)[C@H](O)[C@H](O)[C@H]1NC(C)=O)NC(=O)COCCOCCOCCOCCNS(=O)(=O)C1CCNCC1. The van der Waals surface area contributed by atoms with Crippen LogP contribution >= 0.6 is 0 Å². The van der Waals surface area contributed by atoms with Crippen LogP contribution in [0.25, 0.3) is 0 Å². The van der Waals surface area contributed by atoms with Crippen LogP contribution in [0.5, 0.6) is 0 Å². The molecule has 4 aliphatic heterocycles. The van der Waals surface area contributed by atoms with E-state index in [2.05, 4.69) is 47.3 Å². The molecule has 0 spiro atoms. The van der Waals surface area contributed by atoms with Gasteiger partial charge >= 0.3 is 0 Å². The fraction of sp³-hybridized carbons (Fsp3) is 0.877. The van der Waals surface area contributed by atoms with Crippen LogP contribution in [-0.4, -0.2) is 422 Å². The number of ether oxygens (including phenoxy) is 16. The van der Waals surface area contributed by atoms with Crippen molar-refractivity contribution in [2.75, 3.05) is 224 Å². The molecule has 15 atom stereocenters. The lowest BCUT2D eigenvalue weighted by Crippen LogP contribution is -2.63. The van der Waals surface area contributed by atoms with Crippen LogP contribution in [0.1, 0.15) is 85.0 Å². The summed E-state index contributed by atoms with van der Waals surface area (Å²) in [7, 11) is -3.43. The van der Waals surface area contributed by atoms with Gasteiger partial charge in [0.2, 0.25) is 51.4 Å². The summed E-state index contributed by atoms with van der Waals surface area (Å²) in [5.41, 5.74) is -1.57. The molecule has 0 aliphatic carbocycles. The van der Waals surface area contributed by atoms with Gasteiger partial charge in [0.1, 0.15) is 73.7 Å². The fourth-order valence-corrected chi connectivity index (χ4v) is 14.2. The quantitative estimate of drug-likeness (QED) is 0.0153. The van der Waals surface area contributed by atoms with Gasteiger partial charge in [-0.3, -0.25) is 33.6 Å². The van der Waals surface area contributed by atoms with E-state index in [9.17, 15) is 87.9 Å². The fourth-order valence-electron chi connectivity index (χ4n) is 12.7. The summed E-state index contributed by atoms with van der Waals surface area (Å²) in [6, 6.07) is -2.67. The van der Waals surface area contributed by atoms with Gasteiger partial charge in [-0.15, -0.1) is 0 Å². The summed E-state index contributed by atoms with van der Waals surface area (Å²) < 4.78 is 119. The number of aliphatic hydroxyl groups excluding tert-OH is 9. The minimum absolute atomic E-state index is 0.0188. The van der Waals surface area contributed by atoms with E-state index in [4.69, 9.17) is 75.8 Å². The molecule has 0 saturated carbocycles. The minimum atomic E-state index is -3.43. The Morgan fingerprint density at radius 2 is 0.752 bits per heavy atom. The summed E-state index contributed by atoms with van der Waals surface area (Å²) in [6.07, 6.45) is -7.99. The minimum Gasteiger partial charge on any atom is -0.498 e. The summed E-state index contributed by atoms with van der Waals surface area (Å²) in [6.45, 7) is 5.52. The number of hydrogen-bond donors (Lipinski definition) is 18. The van der Waals surface area contributed by atoms with Crippen LogP contribution in [0.2, 0.25) is 0 Å². The molecule has 44 heteroatoms. The number of amides is 7. The van der Waals surface area contributed by atoms with Crippen molar-refractivity contribution in [2.45, 2.75) is 187 Å². The van der Waals surface area contributed by atoms with Crippen LogP contribution in [-0.2, 0) is 119 Å². The van der Waals surface area contributed by atoms with Crippen LogP contribution in [0, 0.1) is 0 Å². The molecule has 0 aromatic heterocycles. The molecule has 117 heavy (non-hydrogen) atoms. The van der Waals surface area contributed by atoms with E-state index >= 15 is 0 Å². The number of nitrogens with one attached hydrogen (secondary N) is 9. The van der Waals surface area contributed by atoms with Gasteiger partial charge < -0.3 is 164 Å². The van der Waals surface area contributed by atoms with Gasteiger partial charge in [0.15, 0.2) is 0 Å². The van der Waals surface area contributed by atoms with Gasteiger partial charge in [-0.2, -0.15) is 0 Å². The third-order valence-electron chi connectivity index (χ3n) is 18.7. The second kappa shape index (κ2) is 61.9. The number of hydrogen-bond acceptors (Lipinski definition) is 35. The molecule has 43 nitrogen and oxygen atoms in total. The normalized spacial score (nSPS) is 24.6. The smallest absolute Gasteiger partial charge is 0.247 e. The highest BCUT2D eigenvalue weighted by atomic mass is 32.2. The van der Waals surface area contributed by atoms with E-state index in [1.807, 2.05) is 0 Å². The lowest BCUT2D eigenvalue weighted by Gasteiger charge is -2.42. The molecule has 0 aromatic carbocycles. The molecular weight excluding hydrogens is 1580 g/mol. The molecule has 7 amide bonds. The second-order valence-corrected chi connectivity index (χ2v) is 30.3. The molecule has 4 fully saturated rings. The third-order valence-corrected chi connectivity index (χ3v) is 20.7. The van der Waals surface area contributed by atoms with Crippen LogP contribution < -0.4 is 47.3 Å². The number of aliphatic hydroxyl groups is 9. The van der Waals surface area contributed by atoms with Crippen molar-refractivity contribution < 1.29 is 164 Å². The predicted octanol–water partition coefficient (Wildman–Crippen LogP) is -8.33. The number of piperidine rings is 1. The average Bonchev–Trinajstić information content (AvgIpc) is 0.820. The summed E-state index contributed by atoms with van der Waals surface area (Å²) in [4.78, 5) is 88.2. The molecule has 0 radical (unpaired) electrons. The highest BCUT2D eigenvalue weighted by Gasteiger charge is 2.47. The van der Waals surface area contributed by atoms with Crippen molar-refractivity contribution in [3.8, 4) is 0 Å². The first-order valence-corrected chi connectivity index (χ1v) is 41.6. The summed E-state index contributed by atoms with van der Waals surface area (Å²) in [5, 5.41) is 113. The molecule has 4 saturated heterocycles. The Kier molecular flexibility index (Phi) is 55.1. The van der Waals surface area contributed by atoms with Crippen molar-refractivity contribution in [1.29, 1.82) is 0 Å². The van der Waals surface area contributed by atoms with Crippen molar-refractivity contribution in [2.24, 2.45) is 0 Å². The van der Waals surface area contributed by atoms with E-state index < -0.39 is 187 Å². The lowest BCUT2D eigenvalue weighted by atomic mass is 9.90. The number of sulfonamides is 1. The molecule has 18 N–H and O–H groups in total. The largest absolute Gasteiger partial charge is 0.498 e. The van der Waals surface area contributed by atoms with Gasteiger partial charge in [-0.05, 0) is 64.5 Å². The Balaban J connectivity index is 1.28. The lowest BCUT2D eigenvalue weighted by molar-refractivity contribution is -0.197. The summed E-state index contributed by atoms with van der Waals surface area (Å²) >= 11 is 0. The number of rotatable bonds is 67. The summed E-state index contributed by atoms with van der Waals surface area (Å²) in [5.74, 6) is -3.31. The molecule has 680 valence electrons. The topological polar surface area (TPSA) is 592 Å². The Bertz CT molecular complexity index is 2780. The highest BCUT2D eigenvalue weighted by molar-refractivity contribution is 7.90. The average molecular weight is 1710 g/mol. The van der Waals surface area contributed by atoms with Crippen LogP contribution in [0.4, 0.5) is 0 Å². The molecule has 4 rings (SSSR count). The van der Waals surface area contributed by atoms with Gasteiger partial charge in [0, 0.05) is 85.7 Å². The highest BCUT2D eigenvalue weighted by Crippen LogP contribution is 2.28. The Hall–Kier alpha value is -5.26. The second-order valence-electron chi connectivity index (χ2n) is 28.2. The Morgan fingerprint density at radius 3 is 1.12 bits per heavy atom. The number of carbonyl (C=O) groups is 7. The maximum absolute atomic E-state index is 13.8. The standard InChI is InChI=1S/C73H133N9O34S/c1-50(86)79-64-54(114-57(43-83)67(93)70(64)96)7-4-21-101-31-34-104-27-17-75-60(89)12-24-111-47-73(82-63(92)46-110-42-41-109-40-39-108-38-37-107-30-20-78-117(99,100)53-10-15-74-16-11-53,48-112-25-13-61(90)76-18-28-105-35-32-102-22-5-8-55-65(80-51(2)87)71(97)68(94)58(44-84)115-55)49-113-26-14-62(91)77-19-29-106-36-33-103-23-6-9-56-66(81-52(3)88)72(98)69(95)59(45-85)116-56/h12,24,53-59,64-72,74,78,83-85,93-98H,4-11,13-23,25-49H2,1-3H3,(H,75,89)(H,76,90)(H,77,91)(H,79,86)(H,80,87)(H,81,88)(H,82,92)/t54-,55-,56-,57-,58-,59-,64+,65+,66+,67+,68+,69+,70-,71-,72-/m1/s1. The maximum atomic E-state index is 13.8. The van der Waals surface area contributed by atoms with Gasteiger partial charge in [-0.25, -0.2) is 13.1 Å².